The van der Waals surface area contributed by atoms with Crippen molar-refractivity contribution in [2.24, 2.45) is 0 Å². The lowest BCUT2D eigenvalue weighted by Crippen LogP contribution is -2.22. The van der Waals surface area contributed by atoms with Gasteiger partial charge in [-0.15, -0.1) is 6.58 Å². The summed E-state index contributed by atoms with van der Waals surface area (Å²) in [5.41, 5.74) is 0. The van der Waals surface area contributed by atoms with E-state index in [1.165, 1.54) is 0 Å². The van der Waals surface area contributed by atoms with Gasteiger partial charge in [0, 0.05) is 0 Å². The Morgan fingerprint density at radius 2 is 2.29 bits per heavy atom. The van der Waals surface area contributed by atoms with E-state index >= 15 is 0 Å². The van der Waals surface area contributed by atoms with Crippen molar-refractivity contribution in [3.05, 3.63) is 12.7 Å². The highest BCUT2D eigenvalue weighted by molar-refractivity contribution is 5.67. The fourth-order valence-corrected chi connectivity index (χ4v) is 1.23. The first-order valence-electron chi connectivity index (χ1n) is 5.08. The summed E-state index contributed by atoms with van der Waals surface area (Å²) < 4.78 is 5.58. The number of carbonyl (C=O) groups is 1. The average Bonchev–Trinajstić information content (AvgIpc) is 2.12. The molecule has 0 saturated heterocycles. The Balaban J connectivity index is 3.78. The zero-order valence-electron chi connectivity index (χ0n) is 9.03. The van der Waals surface area contributed by atoms with E-state index in [0.29, 0.717) is 0 Å². The van der Waals surface area contributed by atoms with Crippen molar-refractivity contribution in [3.63, 3.8) is 0 Å². The molecule has 0 aromatic heterocycles. The number of hydrogen-bond donors (Lipinski definition) is 1. The van der Waals surface area contributed by atoms with Gasteiger partial charge in [0.25, 0.3) is 0 Å². The third kappa shape index (κ3) is 6.66. The SMILES string of the molecule is C=CCC[C@@H](C)O[C@@H](CC)CC(=O)O. The molecule has 0 rings (SSSR count). The van der Waals surface area contributed by atoms with Crippen LogP contribution >= 0.6 is 0 Å². The summed E-state index contributed by atoms with van der Waals surface area (Å²) in [5.74, 6) is -0.798. The molecule has 0 aliphatic rings. The van der Waals surface area contributed by atoms with E-state index in [1.807, 2.05) is 19.9 Å². The molecular weight excluding hydrogens is 180 g/mol. The van der Waals surface area contributed by atoms with E-state index in [0.717, 1.165) is 19.3 Å². The Labute approximate surface area is 85.8 Å². The second kappa shape index (κ2) is 7.56. The van der Waals surface area contributed by atoms with Crippen molar-refractivity contribution in [3.8, 4) is 0 Å². The van der Waals surface area contributed by atoms with Crippen molar-refractivity contribution in [2.75, 3.05) is 0 Å². The zero-order valence-corrected chi connectivity index (χ0v) is 9.03. The molecule has 0 amide bonds. The van der Waals surface area contributed by atoms with Crippen LogP contribution in [0.25, 0.3) is 0 Å². The third-order valence-corrected chi connectivity index (χ3v) is 2.06. The molecule has 1 N–H and O–H groups in total. The second-order valence-electron chi connectivity index (χ2n) is 3.44. The molecule has 0 aliphatic carbocycles. The van der Waals surface area contributed by atoms with E-state index in [-0.39, 0.29) is 18.6 Å². The monoisotopic (exact) mass is 200 g/mol. The Hall–Kier alpha value is -0.830. The van der Waals surface area contributed by atoms with Crippen LogP contribution in [0.3, 0.4) is 0 Å². The van der Waals surface area contributed by atoms with Gasteiger partial charge in [0.2, 0.25) is 0 Å². The molecule has 0 aromatic carbocycles. The molecule has 3 heteroatoms. The summed E-state index contributed by atoms with van der Waals surface area (Å²) >= 11 is 0. The number of rotatable bonds is 8. The number of allylic oxidation sites excluding steroid dienone is 1. The molecule has 82 valence electrons. The van der Waals surface area contributed by atoms with Gasteiger partial charge in [0.1, 0.15) is 0 Å². The first-order valence-corrected chi connectivity index (χ1v) is 5.08. The van der Waals surface area contributed by atoms with E-state index in [9.17, 15) is 4.79 Å². The highest BCUT2D eigenvalue weighted by Crippen LogP contribution is 2.11. The molecular formula is C11H20O3. The first-order chi connectivity index (χ1) is 6.60. The minimum Gasteiger partial charge on any atom is -0.481 e. The van der Waals surface area contributed by atoms with Gasteiger partial charge < -0.3 is 9.84 Å². The Kier molecular flexibility index (Phi) is 7.11. The third-order valence-electron chi connectivity index (χ3n) is 2.06. The quantitative estimate of drug-likeness (QED) is 0.613. The summed E-state index contributed by atoms with van der Waals surface area (Å²) in [6.45, 7) is 7.54. The van der Waals surface area contributed by atoms with Gasteiger partial charge in [-0.1, -0.05) is 13.0 Å². The summed E-state index contributed by atoms with van der Waals surface area (Å²) in [6, 6.07) is 0. The topological polar surface area (TPSA) is 46.5 Å². The van der Waals surface area contributed by atoms with Crippen LogP contribution in [-0.4, -0.2) is 23.3 Å². The van der Waals surface area contributed by atoms with E-state index < -0.39 is 5.97 Å². The Morgan fingerprint density at radius 1 is 1.64 bits per heavy atom. The van der Waals surface area contributed by atoms with Gasteiger partial charge in [-0.2, -0.15) is 0 Å². The molecule has 0 aliphatic heterocycles. The lowest BCUT2D eigenvalue weighted by atomic mass is 10.1. The summed E-state index contributed by atoms with van der Waals surface area (Å²) in [7, 11) is 0. The Bertz CT molecular complexity index is 177. The molecule has 0 heterocycles. The maximum Gasteiger partial charge on any atom is 0.305 e. The first kappa shape index (κ1) is 13.2. The molecule has 0 aromatic rings. The predicted molar refractivity (Wildman–Crippen MR) is 56.3 cm³/mol. The molecule has 3 nitrogen and oxygen atoms in total. The number of carboxylic acid groups (broad SMARTS) is 1. The van der Waals surface area contributed by atoms with Crippen LogP contribution in [0, 0.1) is 0 Å². The second-order valence-corrected chi connectivity index (χ2v) is 3.44. The molecule has 0 radical (unpaired) electrons. The smallest absolute Gasteiger partial charge is 0.305 e. The van der Waals surface area contributed by atoms with Gasteiger partial charge in [-0.3, -0.25) is 4.79 Å². The van der Waals surface area contributed by atoms with Crippen molar-refractivity contribution < 1.29 is 14.6 Å². The number of ether oxygens (including phenoxy) is 1. The maximum atomic E-state index is 10.5. The van der Waals surface area contributed by atoms with Crippen LogP contribution < -0.4 is 0 Å². The van der Waals surface area contributed by atoms with Crippen molar-refractivity contribution in [1.29, 1.82) is 0 Å². The summed E-state index contributed by atoms with van der Waals surface area (Å²) in [4.78, 5) is 10.5. The van der Waals surface area contributed by atoms with Crippen molar-refractivity contribution in [2.45, 2.75) is 51.7 Å². The highest BCUT2D eigenvalue weighted by atomic mass is 16.5. The van der Waals surface area contributed by atoms with E-state index in [4.69, 9.17) is 9.84 Å². The van der Waals surface area contributed by atoms with Crippen LogP contribution in [0.4, 0.5) is 0 Å². The van der Waals surface area contributed by atoms with Gasteiger partial charge in [-0.05, 0) is 26.2 Å². The summed E-state index contributed by atoms with van der Waals surface area (Å²) in [5, 5.41) is 8.61. The lowest BCUT2D eigenvalue weighted by molar-refractivity contribution is -0.141. The normalized spacial score (nSPS) is 14.7. The van der Waals surface area contributed by atoms with Crippen LogP contribution in [0.2, 0.25) is 0 Å². The van der Waals surface area contributed by atoms with Gasteiger partial charge in [0.05, 0.1) is 18.6 Å². The zero-order chi connectivity index (χ0) is 11.0. The standard InChI is InChI=1S/C11H20O3/c1-4-6-7-9(3)14-10(5-2)8-11(12)13/h4,9-10H,1,5-8H2,2-3H3,(H,12,13)/t9-,10+/m1/s1. The highest BCUT2D eigenvalue weighted by Gasteiger charge is 2.14. The van der Waals surface area contributed by atoms with Crippen LogP contribution in [0.15, 0.2) is 12.7 Å². The summed E-state index contributed by atoms with van der Waals surface area (Å²) in [6.07, 6.45) is 4.44. The molecule has 0 fully saturated rings. The fraction of sp³-hybridized carbons (Fsp3) is 0.727. The minimum absolute atomic E-state index is 0.0922. The number of hydrogen-bond acceptors (Lipinski definition) is 2. The molecule has 0 spiro atoms. The molecule has 0 saturated carbocycles. The maximum absolute atomic E-state index is 10.5. The molecule has 2 atom stereocenters. The average molecular weight is 200 g/mol. The van der Waals surface area contributed by atoms with Crippen molar-refractivity contribution >= 4 is 5.97 Å². The molecule has 14 heavy (non-hydrogen) atoms. The van der Waals surface area contributed by atoms with Gasteiger partial charge >= 0.3 is 5.97 Å². The predicted octanol–water partition coefficient (Wildman–Crippen LogP) is 2.61. The van der Waals surface area contributed by atoms with Crippen LogP contribution in [-0.2, 0) is 9.53 Å². The lowest BCUT2D eigenvalue weighted by Gasteiger charge is -2.19. The fourth-order valence-electron chi connectivity index (χ4n) is 1.23. The Morgan fingerprint density at radius 3 is 2.71 bits per heavy atom. The molecule has 0 unspecified atom stereocenters. The van der Waals surface area contributed by atoms with Gasteiger partial charge in [-0.25, -0.2) is 0 Å². The molecule has 0 bridgehead atoms. The van der Waals surface area contributed by atoms with Crippen LogP contribution in [0.5, 0.6) is 0 Å². The van der Waals surface area contributed by atoms with E-state index in [1.54, 1.807) is 0 Å². The van der Waals surface area contributed by atoms with Crippen molar-refractivity contribution in [1.82, 2.24) is 0 Å². The van der Waals surface area contributed by atoms with Crippen LogP contribution in [0.1, 0.15) is 39.5 Å². The van der Waals surface area contributed by atoms with E-state index in [2.05, 4.69) is 6.58 Å². The number of aliphatic carboxylic acids is 1. The largest absolute Gasteiger partial charge is 0.481 e. The minimum atomic E-state index is -0.798. The van der Waals surface area contributed by atoms with Gasteiger partial charge in [0.15, 0.2) is 0 Å². The number of carboxylic acids is 1.